The molecule has 1 nitrogen and oxygen atoms in total. The van der Waals surface area contributed by atoms with Gasteiger partial charge in [0, 0.05) is 12.3 Å². The highest BCUT2D eigenvalue weighted by molar-refractivity contribution is 6.63. The lowest BCUT2D eigenvalue weighted by Gasteiger charge is -1.99. The highest BCUT2D eigenvalue weighted by Gasteiger charge is 2.03. The summed E-state index contributed by atoms with van der Waals surface area (Å²) in [6.45, 7) is 1.88. The van der Waals surface area contributed by atoms with Crippen molar-refractivity contribution in [3.05, 3.63) is 0 Å². The van der Waals surface area contributed by atoms with E-state index in [1.54, 1.807) is 0 Å². The zero-order valence-corrected chi connectivity index (χ0v) is 6.17. The maximum absolute atomic E-state index is 10.1. The zero-order valence-electron chi connectivity index (χ0n) is 4.66. The predicted octanol–water partition coefficient (Wildman–Crippen LogP) is 2.02. The maximum atomic E-state index is 10.1. The van der Waals surface area contributed by atoms with E-state index in [1.165, 1.54) is 0 Å². The van der Waals surface area contributed by atoms with Crippen LogP contribution in [0.1, 0.15) is 13.3 Å². The maximum Gasteiger partial charge on any atom is 0.221 e. The molecule has 0 heterocycles. The summed E-state index contributed by atoms with van der Waals surface area (Å²) in [4.78, 5) is 10.1. The first-order valence-corrected chi connectivity index (χ1v) is 3.32. The van der Waals surface area contributed by atoms with Gasteiger partial charge in [0.15, 0.2) is 0 Å². The molecule has 0 aliphatic carbocycles. The van der Waals surface area contributed by atoms with E-state index in [-0.39, 0.29) is 11.2 Å². The Balaban J connectivity index is 3.24. The van der Waals surface area contributed by atoms with Crippen molar-refractivity contribution in [3.8, 4) is 0 Å². The van der Waals surface area contributed by atoms with Gasteiger partial charge in [-0.3, -0.25) is 4.79 Å². The average molecular weight is 155 g/mol. The summed E-state index contributed by atoms with van der Waals surface area (Å²) in [5.74, 6) is 0.708. The van der Waals surface area contributed by atoms with E-state index < -0.39 is 0 Å². The molecule has 8 heavy (non-hydrogen) atoms. The van der Waals surface area contributed by atoms with Crippen molar-refractivity contribution in [2.24, 2.45) is 5.92 Å². The van der Waals surface area contributed by atoms with E-state index in [2.05, 4.69) is 0 Å². The number of carbonyl (C=O) groups is 1. The topological polar surface area (TPSA) is 17.1 Å². The molecule has 0 amide bonds. The van der Waals surface area contributed by atoms with Crippen LogP contribution in [0.4, 0.5) is 0 Å². The molecule has 0 unspecified atom stereocenters. The van der Waals surface area contributed by atoms with Crippen LogP contribution in [0.2, 0.25) is 0 Å². The molecule has 0 spiro atoms. The number of alkyl halides is 1. The number of hydrogen-bond acceptors (Lipinski definition) is 1. The van der Waals surface area contributed by atoms with Crippen LogP contribution in [0.15, 0.2) is 0 Å². The first-order chi connectivity index (χ1) is 3.66. The summed E-state index contributed by atoms with van der Waals surface area (Å²) in [7, 11) is 0. The molecular formula is C5H8Cl2O. The second-order valence-electron chi connectivity index (χ2n) is 1.82. The Kier molecular flexibility index (Phi) is 4.29. The predicted molar refractivity (Wildman–Crippen MR) is 35.4 cm³/mol. The minimum absolute atomic E-state index is 0.210. The summed E-state index contributed by atoms with van der Waals surface area (Å²) in [5, 5.41) is -0.307. The van der Waals surface area contributed by atoms with Crippen molar-refractivity contribution in [2.75, 3.05) is 5.88 Å². The molecule has 0 N–H and O–H groups in total. The van der Waals surface area contributed by atoms with Crippen molar-refractivity contribution in [2.45, 2.75) is 13.3 Å². The van der Waals surface area contributed by atoms with E-state index in [0.717, 1.165) is 0 Å². The van der Waals surface area contributed by atoms with Gasteiger partial charge in [0.2, 0.25) is 5.24 Å². The van der Waals surface area contributed by atoms with E-state index in [9.17, 15) is 4.79 Å². The van der Waals surface area contributed by atoms with Gasteiger partial charge in [-0.1, -0.05) is 6.92 Å². The molecule has 0 saturated carbocycles. The summed E-state index contributed by atoms with van der Waals surface area (Å²) < 4.78 is 0. The first-order valence-electron chi connectivity index (χ1n) is 2.41. The molecule has 1 atom stereocenters. The largest absolute Gasteiger partial charge is 0.281 e. The fourth-order valence-electron chi connectivity index (χ4n) is 0.329. The van der Waals surface area contributed by atoms with Crippen LogP contribution in [0.3, 0.4) is 0 Å². The SMILES string of the molecule is C[C@H](CCl)CC(=O)Cl. The molecule has 0 radical (unpaired) electrons. The summed E-state index contributed by atoms with van der Waals surface area (Å²) in [5.41, 5.74) is 0. The van der Waals surface area contributed by atoms with Gasteiger partial charge in [0.1, 0.15) is 0 Å². The van der Waals surface area contributed by atoms with Crippen molar-refractivity contribution >= 4 is 28.4 Å². The summed E-state index contributed by atoms with van der Waals surface area (Å²) >= 11 is 10.4. The third kappa shape index (κ3) is 4.41. The molecule has 0 saturated heterocycles. The van der Waals surface area contributed by atoms with Gasteiger partial charge in [-0.2, -0.15) is 0 Å². The number of rotatable bonds is 3. The lowest BCUT2D eigenvalue weighted by Crippen LogP contribution is -2.00. The van der Waals surface area contributed by atoms with Crippen LogP contribution < -0.4 is 0 Å². The highest BCUT2D eigenvalue weighted by Crippen LogP contribution is 2.05. The van der Waals surface area contributed by atoms with Crippen molar-refractivity contribution in [3.63, 3.8) is 0 Å². The van der Waals surface area contributed by atoms with Gasteiger partial charge in [0.05, 0.1) is 0 Å². The van der Waals surface area contributed by atoms with Crippen LogP contribution in [0.25, 0.3) is 0 Å². The molecule has 48 valence electrons. The van der Waals surface area contributed by atoms with Gasteiger partial charge in [-0.25, -0.2) is 0 Å². The fraction of sp³-hybridized carbons (Fsp3) is 0.800. The van der Waals surface area contributed by atoms with Crippen molar-refractivity contribution < 1.29 is 4.79 Å². The number of hydrogen-bond donors (Lipinski definition) is 0. The normalized spacial score (nSPS) is 13.4. The fourth-order valence-corrected chi connectivity index (χ4v) is 0.701. The molecule has 3 heteroatoms. The molecule has 0 aromatic carbocycles. The van der Waals surface area contributed by atoms with Crippen LogP contribution >= 0.6 is 23.2 Å². The Labute approximate surface area is 59.0 Å². The molecule has 0 aliphatic rings. The molecule has 0 rings (SSSR count). The lowest BCUT2D eigenvalue weighted by atomic mass is 10.1. The van der Waals surface area contributed by atoms with Crippen LogP contribution in [-0.4, -0.2) is 11.1 Å². The van der Waals surface area contributed by atoms with E-state index in [4.69, 9.17) is 23.2 Å². The van der Waals surface area contributed by atoms with Crippen LogP contribution in [0.5, 0.6) is 0 Å². The molecule has 0 aliphatic heterocycles. The van der Waals surface area contributed by atoms with E-state index in [1.807, 2.05) is 6.92 Å². The summed E-state index contributed by atoms with van der Waals surface area (Å²) in [6, 6.07) is 0. The molecule has 0 fully saturated rings. The number of carbonyl (C=O) groups excluding carboxylic acids is 1. The average Bonchev–Trinajstić information content (AvgIpc) is 1.65. The van der Waals surface area contributed by atoms with E-state index >= 15 is 0 Å². The minimum atomic E-state index is -0.307. The van der Waals surface area contributed by atoms with Gasteiger partial charge in [0.25, 0.3) is 0 Å². The van der Waals surface area contributed by atoms with Crippen LogP contribution in [0, 0.1) is 5.92 Å². The Bertz CT molecular complexity index is 82.5. The third-order valence-electron chi connectivity index (χ3n) is 0.772. The Morgan fingerprint density at radius 3 is 2.38 bits per heavy atom. The standard InChI is InChI=1S/C5H8Cl2O/c1-4(3-6)2-5(7)8/h4H,2-3H2,1H3/t4-/m0/s1. The Morgan fingerprint density at radius 2 is 2.25 bits per heavy atom. The minimum Gasteiger partial charge on any atom is -0.281 e. The smallest absolute Gasteiger partial charge is 0.221 e. The zero-order chi connectivity index (χ0) is 6.57. The second-order valence-corrected chi connectivity index (χ2v) is 2.55. The van der Waals surface area contributed by atoms with Gasteiger partial charge in [-0.15, -0.1) is 11.6 Å². The van der Waals surface area contributed by atoms with Crippen LogP contribution in [-0.2, 0) is 4.79 Å². The Morgan fingerprint density at radius 1 is 1.75 bits per heavy atom. The highest BCUT2D eigenvalue weighted by atomic mass is 35.5. The molecule has 0 aromatic rings. The summed E-state index contributed by atoms with van der Waals surface area (Å²) in [6.07, 6.45) is 0.380. The quantitative estimate of drug-likeness (QED) is 0.450. The second kappa shape index (κ2) is 4.16. The lowest BCUT2D eigenvalue weighted by molar-refractivity contribution is -0.112. The first kappa shape index (κ1) is 8.25. The Hall–Kier alpha value is 0.250. The van der Waals surface area contributed by atoms with E-state index in [0.29, 0.717) is 12.3 Å². The third-order valence-corrected chi connectivity index (χ3v) is 1.45. The molecular weight excluding hydrogens is 147 g/mol. The van der Waals surface area contributed by atoms with Crippen molar-refractivity contribution in [1.82, 2.24) is 0 Å². The molecule has 0 aromatic heterocycles. The number of halogens is 2. The molecule has 0 bridgehead atoms. The van der Waals surface area contributed by atoms with Gasteiger partial charge < -0.3 is 0 Å². The van der Waals surface area contributed by atoms with Gasteiger partial charge in [-0.05, 0) is 17.5 Å². The van der Waals surface area contributed by atoms with Gasteiger partial charge >= 0.3 is 0 Å². The monoisotopic (exact) mass is 154 g/mol. The van der Waals surface area contributed by atoms with Crippen molar-refractivity contribution in [1.29, 1.82) is 0 Å².